The summed E-state index contributed by atoms with van der Waals surface area (Å²) in [4.78, 5) is 16.9. The van der Waals surface area contributed by atoms with Crippen LogP contribution in [0.25, 0.3) is 0 Å². The molecular weight excluding hydrogens is 286 g/mol. The van der Waals surface area contributed by atoms with E-state index in [1.807, 2.05) is 18.7 Å². The van der Waals surface area contributed by atoms with E-state index in [1.54, 1.807) is 12.1 Å². The topological polar surface area (TPSA) is 69.8 Å². The molecule has 0 bridgehead atoms. The Morgan fingerprint density at radius 2 is 1.71 bits per heavy atom. The third kappa shape index (κ3) is 3.33. The van der Waals surface area contributed by atoms with Crippen molar-refractivity contribution in [2.45, 2.75) is 19.4 Å². The van der Waals surface area contributed by atoms with E-state index in [9.17, 15) is 9.90 Å². The minimum absolute atomic E-state index is 0.0113. The average Bonchev–Trinajstić information content (AvgIpc) is 2.47. The molecule has 1 aromatic carbocycles. The quantitative estimate of drug-likeness (QED) is 0.822. The van der Waals surface area contributed by atoms with Gasteiger partial charge in [0.15, 0.2) is 0 Å². The minimum Gasteiger partial charge on any atom is -0.508 e. The third-order valence-electron chi connectivity index (χ3n) is 4.07. The molecule has 5 nitrogen and oxygen atoms in total. The molecule has 1 saturated heterocycles. The zero-order valence-electron chi connectivity index (χ0n) is 12.4. The van der Waals surface area contributed by atoms with Gasteiger partial charge < -0.3 is 15.7 Å². The highest BCUT2D eigenvalue weighted by molar-refractivity contribution is 7.80. The largest absolute Gasteiger partial charge is 0.508 e. The smallest absolute Gasteiger partial charge is 0.253 e. The summed E-state index contributed by atoms with van der Waals surface area (Å²) in [6, 6.07) is 6.34. The van der Waals surface area contributed by atoms with Crippen molar-refractivity contribution in [3.05, 3.63) is 29.8 Å². The van der Waals surface area contributed by atoms with Crippen molar-refractivity contribution in [1.82, 2.24) is 9.80 Å². The number of thiocarbonyl (C=S) groups is 1. The Bertz CT molecular complexity index is 534. The number of hydrogen-bond acceptors (Lipinski definition) is 4. The molecule has 114 valence electrons. The number of benzene rings is 1. The van der Waals surface area contributed by atoms with Crippen LogP contribution in [-0.2, 0) is 0 Å². The number of piperazine rings is 1. The zero-order valence-corrected chi connectivity index (χ0v) is 13.2. The normalized spacial score (nSPS) is 16.8. The van der Waals surface area contributed by atoms with Crippen LogP contribution in [-0.4, -0.2) is 57.5 Å². The molecule has 1 heterocycles. The predicted octanol–water partition coefficient (Wildman–Crippen LogP) is 1.21. The molecule has 6 heteroatoms. The lowest BCUT2D eigenvalue weighted by atomic mass is 10.0. The van der Waals surface area contributed by atoms with Gasteiger partial charge >= 0.3 is 0 Å². The van der Waals surface area contributed by atoms with Crippen molar-refractivity contribution in [2.24, 2.45) is 5.73 Å². The third-order valence-corrected chi connectivity index (χ3v) is 4.57. The number of nitrogens with two attached hydrogens (primary N) is 1. The first-order valence-corrected chi connectivity index (χ1v) is 7.36. The highest BCUT2D eigenvalue weighted by Gasteiger charge is 2.33. The van der Waals surface area contributed by atoms with Crippen molar-refractivity contribution in [2.75, 3.05) is 26.2 Å². The van der Waals surface area contributed by atoms with E-state index in [0.717, 1.165) is 13.1 Å². The van der Waals surface area contributed by atoms with Crippen LogP contribution in [0.15, 0.2) is 24.3 Å². The fourth-order valence-corrected chi connectivity index (χ4v) is 2.54. The molecule has 0 aliphatic carbocycles. The van der Waals surface area contributed by atoms with E-state index in [4.69, 9.17) is 18.0 Å². The maximum Gasteiger partial charge on any atom is 0.253 e. The van der Waals surface area contributed by atoms with Crippen LogP contribution < -0.4 is 5.73 Å². The van der Waals surface area contributed by atoms with Crippen LogP contribution in [0.5, 0.6) is 5.75 Å². The zero-order chi connectivity index (χ0) is 15.6. The summed E-state index contributed by atoms with van der Waals surface area (Å²) in [5, 5.41) is 9.27. The van der Waals surface area contributed by atoms with Gasteiger partial charge in [0.25, 0.3) is 5.91 Å². The monoisotopic (exact) mass is 307 g/mol. The Labute approximate surface area is 130 Å². The van der Waals surface area contributed by atoms with Crippen molar-refractivity contribution in [1.29, 1.82) is 0 Å². The second kappa shape index (κ2) is 5.99. The van der Waals surface area contributed by atoms with Gasteiger partial charge in [0, 0.05) is 31.7 Å². The predicted molar refractivity (Wildman–Crippen MR) is 86.4 cm³/mol. The SMILES string of the molecule is CC(C)(C(N)=S)N1CCN(C(=O)c2ccc(O)cc2)CC1. The summed E-state index contributed by atoms with van der Waals surface area (Å²) in [5.41, 5.74) is 6.05. The summed E-state index contributed by atoms with van der Waals surface area (Å²) < 4.78 is 0. The Morgan fingerprint density at radius 1 is 1.19 bits per heavy atom. The second-order valence-corrected chi connectivity index (χ2v) is 6.19. The Balaban J connectivity index is 1.99. The van der Waals surface area contributed by atoms with Gasteiger partial charge in [-0.1, -0.05) is 12.2 Å². The highest BCUT2D eigenvalue weighted by atomic mass is 32.1. The van der Waals surface area contributed by atoms with Gasteiger partial charge in [-0.2, -0.15) is 0 Å². The lowest BCUT2D eigenvalue weighted by Gasteiger charge is -2.43. The van der Waals surface area contributed by atoms with Gasteiger partial charge in [-0.25, -0.2) is 0 Å². The highest BCUT2D eigenvalue weighted by Crippen LogP contribution is 2.19. The first kappa shape index (κ1) is 15.7. The standard InChI is InChI=1S/C15H21N3O2S/c1-15(2,14(16)21)18-9-7-17(8-10-18)13(20)11-3-5-12(19)6-4-11/h3-6,19H,7-10H2,1-2H3,(H2,16,21). The number of carbonyl (C=O) groups is 1. The molecule has 1 aromatic rings. The Morgan fingerprint density at radius 3 is 2.19 bits per heavy atom. The average molecular weight is 307 g/mol. The number of rotatable bonds is 3. The fourth-order valence-electron chi connectivity index (χ4n) is 2.41. The van der Waals surface area contributed by atoms with Gasteiger partial charge in [0.1, 0.15) is 5.75 Å². The number of carbonyl (C=O) groups excluding carboxylic acids is 1. The molecular formula is C15H21N3O2S. The molecule has 1 aliphatic heterocycles. The Kier molecular flexibility index (Phi) is 4.49. The van der Waals surface area contributed by atoms with Gasteiger partial charge in [-0.05, 0) is 38.1 Å². The number of nitrogens with zero attached hydrogens (tertiary/aromatic N) is 2. The lowest BCUT2D eigenvalue weighted by Crippen LogP contribution is -2.59. The second-order valence-electron chi connectivity index (χ2n) is 5.75. The molecule has 0 saturated carbocycles. The van der Waals surface area contributed by atoms with Crippen molar-refractivity contribution >= 4 is 23.1 Å². The van der Waals surface area contributed by atoms with E-state index < -0.39 is 0 Å². The van der Waals surface area contributed by atoms with Crippen molar-refractivity contribution < 1.29 is 9.90 Å². The summed E-state index contributed by atoms with van der Waals surface area (Å²) >= 11 is 5.11. The molecule has 0 spiro atoms. The molecule has 1 aliphatic rings. The van der Waals surface area contributed by atoms with Crippen LogP contribution in [0.4, 0.5) is 0 Å². The number of phenols is 1. The van der Waals surface area contributed by atoms with Crippen LogP contribution in [0, 0.1) is 0 Å². The van der Waals surface area contributed by atoms with Crippen LogP contribution in [0.2, 0.25) is 0 Å². The fraction of sp³-hybridized carbons (Fsp3) is 0.467. The number of aromatic hydroxyl groups is 1. The van der Waals surface area contributed by atoms with E-state index in [-0.39, 0.29) is 17.2 Å². The number of phenolic OH excluding ortho intramolecular Hbond substituents is 1. The molecule has 0 radical (unpaired) electrons. The van der Waals surface area contributed by atoms with Crippen LogP contribution in [0.3, 0.4) is 0 Å². The molecule has 21 heavy (non-hydrogen) atoms. The van der Waals surface area contributed by atoms with E-state index >= 15 is 0 Å². The van der Waals surface area contributed by atoms with Gasteiger partial charge in [-0.15, -0.1) is 0 Å². The van der Waals surface area contributed by atoms with Gasteiger partial charge in [-0.3, -0.25) is 9.69 Å². The first-order valence-electron chi connectivity index (χ1n) is 6.95. The summed E-state index contributed by atoms with van der Waals surface area (Å²) in [6.07, 6.45) is 0. The van der Waals surface area contributed by atoms with Crippen LogP contribution in [0.1, 0.15) is 24.2 Å². The maximum absolute atomic E-state index is 12.4. The molecule has 0 aromatic heterocycles. The van der Waals surface area contributed by atoms with Gasteiger partial charge in [0.2, 0.25) is 0 Å². The lowest BCUT2D eigenvalue weighted by molar-refractivity contribution is 0.0539. The number of amides is 1. The van der Waals surface area contributed by atoms with E-state index in [0.29, 0.717) is 23.6 Å². The summed E-state index contributed by atoms with van der Waals surface area (Å²) in [6.45, 7) is 6.79. The molecule has 1 fully saturated rings. The number of hydrogen-bond donors (Lipinski definition) is 2. The summed E-state index contributed by atoms with van der Waals surface area (Å²) in [7, 11) is 0. The van der Waals surface area contributed by atoms with Gasteiger partial charge in [0.05, 0.1) is 10.5 Å². The first-order chi connectivity index (χ1) is 9.82. The van der Waals surface area contributed by atoms with Crippen LogP contribution >= 0.6 is 12.2 Å². The molecule has 3 N–H and O–H groups in total. The van der Waals surface area contributed by atoms with Crippen molar-refractivity contribution in [3.8, 4) is 5.75 Å². The molecule has 0 atom stereocenters. The molecule has 2 rings (SSSR count). The molecule has 1 amide bonds. The Hall–Kier alpha value is -1.66. The maximum atomic E-state index is 12.4. The summed E-state index contributed by atoms with van der Waals surface area (Å²) in [5.74, 6) is 0.150. The molecule has 0 unspecified atom stereocenters. The van der Waals surface area contributed by atoms with E-state index in [1.165, 1.54) is 12.1 Å². The van der Waals surface area contributed by atoms with Crippen molar-refractivity contribution in [3.63, 3.8) is 0 Å². The minimum atomic E-state index is -0.330. The van der Waals surface area contributed by atoms with E-state index in [2.05, 4.69) is 4.90 Å².